The molecular formula is C19H22N2O2S2. The second kappa shape index (κ2) is 7.30. The number of hydrogen-bond acceptors (Lipinski definition) is 4. The quantitative estimate of drug-likeness (QED) is 0.814. The highest BCUT2D eigenvalue weighted by Crippen LogP contribution is 2.35. The lowest BCUT2D eigenvalue weighted by Gasteiger charge is -2.35. The predicted octanol–water partition coefficient (Wildman–Crippen LogP) is 4.03. The van der Waals surface area contributed by atoms with Gasteiger partial charge < -0.3 is 9.80 Å². The van der Waals surface area contributed by atoms with Crippen LogP contribution >= 0.6 is 22.7 Å². The van der Waals surface area contributed by atoms with E-state index in [2.05, 4.69) is 21.7 Å². The lowest BCUT2D eigenvalue weighted by molar-refractivity contribution is -0.137. The van der Waals surface area contributed by atoms with E-state index in [0.29, 0.717) is 6.54 Å². The highest BCUT2D eigenvalue weighted by molar-refractivity contribution is 7.12. The summed E-state index contributed by atoms with van der Waals surface area (Å²) in [6.07, 6.45) is 3.91. The van der Waals surface area contributed by atoms with Crippen molar-refractivity contribution in [3.05, 3.63) is 44.8 Å². The number of carbonyl (C=O) groups is 2. The van der Waals surface area contributed by atoms with Crippen molar-refractivity contribution in [1.29, 1.82) is 0 Å². The van der Waals surface area contributed by atoms with Crippen molar-refractivity contribution >= 4 is 34.5 Å². The van der Waals surface area contributed by atoms with E-state index in [1.165, 1.54) is 16.9 Å². The Hall–Kier alpha value is -1.66. The van der Waals surface area contributed by atoms with Gasteiger partial charge in [-0.05, 0) is 59.5 Å². The zero-order valence-electron chi connectivity index (χ0n) is 14.1. The molecule has 0 aromatic carbocycles. The number of rotatable bonds is 3. The van der Waals surface area contributed by atoms with E-state index in [4.69, 9.17) is 0 Å². The molecule has 0 bridgehead atoms. The van der Waals surface area contributed by atoms with E-state index >= 15 is 0 Å². The molecule has 2 aliphatic rings. The van der Waals surface area contributed by atoms with Gasteiger partial charge in [0.15, 0.2) is 0 Å². The SMILES string of the molecule is O=C(c1cccs1)N1CCC[C@H](C(=O)N2CCC[C@H]2c2ccsc2)C1. The maximum Gasteiger partial charge on any atom is 0.263 e. The fourth-order valence-electron chi connectivity index (χ4n) is 4.00. The summed E-state index contributed by atoms with van der Waals surface area (Å²) in [6.45, 7) is 2.16. The molecular weight excluding hydrogens is 352 g/mol. The minimum absolute atomic E-state index is 0.0584. The van der Waals surface area contributed by atoms with Gasteiger partial charge in [-0.15, -0.1) is 11.3 Å². The van der Waals surface area contributed by atoms with Crippen molar-refractivity contribution in [3.63, 3.8) is 0 Å². The number of nitrogens with zero attached hydrogens (tertiary/aromatic N) is 2. The molecule has 4 rings (SSSR count). The Balaban J connectivity index is 1.45. The van der Waals surface area contributed by atoms with Gasteiger partial charge in [0.1, 0.15) is 0 Å². The average molecular weight is 375 g/mol. The number of likely N-dealkylation sites (tertiary alicyclic amines) is 2. The van der Waals surface area contributed by atoms with Crippen LogP contribution in [0, 0.1) is 5.92 Å². The van der Waals surface area contributed by atoms with Crippen LogP contribution in [0.4, 0.5) is 0 Å². The molecule has 0 N–H and O–H groups in total. The molecule has 0 saturated carbocycles. The molecule has 4 heterocycles. The topological polar surface area (TPSA) is 40.6 Å². The van der Waals surface area contributed by atoms with Crippen molar-refractivity contribution in [2.75, 3.05) is 19.6 Å². The Morgan fingerprint density at radius 3 is 2.72 bits per heavy atom. The first-order valence-electron chi connectivity index (χ1n) is 8.89. The minimum atomic E-state index is -0.0584. The smallest absolute Gasteiger partial charge is 0.263 e. The molecule has 0 radical (unpaired) electrons. The second-order valence-electron chi connectivity index (χ2n) is 6.81. The molecule has 25 heavy (non-hydrogen) atoms. The predicted molar refractivity (Wildman–Crippen MR) is 101 cm³/mol. The number of thiophene rings is 2. The molecule has 2 aliphatic heterocycles. The molecule has 2 amide bonds. The van der Waals surface area contributed by atoms with Crippen LogP contribution in [0.5, 0.6) is 0 Å². The second-order valence-corrected chi connectivity index (χ2v) is 8.54. The van der Waals surface area contributed by atoms with E-state index in [-0.39, 0.29) is 23.8 Å². The Morgan fingerprint density at radius 2 is 1.96 bits per heavy atom. The number of amides is 2. The van der Waals surface area contributed by atoms with Gasteiger partial charge in [-0.25, -0.2) is 0 Å². The van der Waals surface area contributed by atoms with Crippen LogP contribution < -0.4 is 0 Å². The summed E-state index contributed by atoms with van der Waals surface area (Å²) in [6, 6.07) is 6.13. The monoisotopic (exact) mass is 374 g/mol. The van der Waals surface area contributed by atoms with Crippen molar-refractivity contribution in [2.45, 2.75) is 31.7 Å². The van der Waals surface area contributed by atoms with Crippen molar-refractivity contribution in [1.82, 2.24) is 9.80 Å². The summed E-state index contributed by atoms with van der Waals surface area (Å²) in [4.78, 5) is 30.5. The summed E-state index contributed by atoms with van der Waals surface area (Å²) in [5, 5.41) is 6.16. The average Bonchev–Trinajstić information content (AvgIpc) is 3.42. The normalized spacial score (nSPS) is 23.8. The highest BCUT2D eigenvalue weighted by Gasteiger charge is 2.37. The molecule has 0 aliphatic carbocycles. The molecule has 0 spiro atoms. The highest BCUT2D eigenvalue weighted by atomic mass is 32.1. The van der Waals surface area contributed by atoms with Crippen LogP contribution in [-0.4, -0.2) is 41.2 Å². The summed E-state index contributed by atoms with van der Waals surface area (Å²) in [5.74, 6) is 0.248. The van der Waals surface area contributed by atoms with Gasteiger partial charge in [0.2, 0.25) is 5.91 Å². The summed E-state index contributed by atoms with van der Waals surface area (Å²) < 4.78 is 0. The number of carbonyl (C=O) groups excluding carboxylic acids is 2. The number of piperidine rings is 1. The fourth-order valence-corrected chi connectivity index (χ4v) is 5.39. The van der Waals surface area contributed by atoms with Gasteiger partial charge in [0, 0.05) is 19.6 Å². The van der Waals surface area contributed by atoms with Gasteiger partial charge >= 0.3 is 0 Å². The Bertz CT molecular complexity index is 727. The first-order valence-corrected chi connectivity index (χ1v) is 10.7. The van der Waals surface area contributed by atoms with Crippen molar-refractivity contribution in [3.8, 4) is 0 Å². The molecule has 2 aromatic rings. The van der Waals surface area contributed by atoms with E-state index in [9.17, 15) is 9.59 Å². The molecule has 2 aromatic heterocycles. The molecule has 2 saturated heterocycles. The van der Waals surface area contributed by atoms with Crippen LogP contribution in [-0.2, 0) is 4.79 Å². The maximum atomic E-state index is 13.2. The molecule has 6 heteroatoms. The van der Waals surface area contributed by atoms with Crippen LogP contribution in [0.25, 0.3) is 0 Å². The largest absolute Gasteiger partial charge is 0.337 e. The van der Waals surface area contributed by atoms with E-state index in [0.717, 1.165) is 43.6 Å². The first kappa shape index (κ1) is 16.8. The lowest BCUT2D eigenvalue weighted by Crippen LogP contribution is -2.46. The molecule has 132 valence electrons. The van der Waals surface area contributed by atoms with Crippen molar-refractivity contribution in [2.24, 2.45) is 5.92 Å². The van der Waals surface area contributed by atoms with Crippen LogP contribution in [0.2, 0.25) is 0 Å². The van der Waals surface area contributed by atoms with Gasteiger partial charge in [-0.1, -0.05) is 6.07 Å². The molecule has 4 nitrogen and oxygen atoms in total. The third-order valence-electron chi connectivity index (χ3n) is 5.25. The Morgan fingerprint density at radius 1 is 1.08 bits per heavy atom. The summed E-state index contributed by atoms with van der Waals surface area (Å²) in [7, 11) is 0. The van der Waals surface area contributed by atoms with Crippen LogP contribution in [0.15, 0.2) is 34.3 Å². The van der Waals surface area contributed by atoms with Gasteiger partial charge in [-0.3, -0.25) is 9.59 Å². The zero-order chi connectivity index (χ0) is 17.2. The fraction of sp³-hybridized carbons (Fsp3) is 0.474. The summed E-state index contributed by atoms with van der Waals surface area (Å²) >= 11 is 3.16. The van der Waals surface area contributed by atoms with E-state index < -0.39 is 0 Å². The van der Waals surface area contributed by atoms with Gasteiger partial charge in [0.05, 0.1) is 16.8 Å². The number of hydrogen-bond donors (Lipinski definition) is 0. The van der Waals surface area contributed by atoms with E-state index in [1.54, 1.807) is 11.3 Å². The first-order chi connectivity index (χ1) is 12.2. The van der Waals surface area contributed by atoms with Crippen LogP contribution in [0.1, 0.15) is 47.0 Å². The molecule has 2 atom stereocenters. The summed E-state index contributed by atoms with van der Waals surface area (Å²) in [5.41, 5.74) is 1.26. The van der Waals surface area contributed by atoms with E-state index in [1.807, 2.05) is 22.4 Å². The Kier molecular flexibility index (Phi) is 4.90. The molecule has 0 unspecified atom stereocenters. The molecule has 2 fully saturated rings. The minimum Gasteiger partial charge on any atom is -0.337 e. The van der Waals surface area contributed by atoms with Crippen molar-refractivity contribution < 1.29 is 9.59 Å². The zero-order valence-corrected chi connectivity index (χ0v) is 15.7. The van der Waals surface area contributed by atoms with Gasteiger partial charge in [0.25, 0.3) is 5.91 Å². The standard InChI is InChI=1S/C19H22N2O2S2/c22-18(21-9-2-5-16(21)15-7-11-24-13-15)14-4-1-8-20(12-14)19(23)17-6-3-10-25-17/h3,6-7,10-11,13-14,16H,1-2,4-5,8-9,12H2/t14-,16-/m0/s1. The maximum absolute atomic E-state index is 13.2. The van der Waals surface area contributed by atoms with Gasteiger partial charge in [-0.2, -0.15) is 11.3 Å². The Labute approximate surface area is 156 Å². The van der Waals surface area contributed by atoms with Crippen LogP contribution in [0.3, 0.4) is 0 Å². The third kappa shape index (κ3) is 3.37. The third-order valence-corrected chi connectivity index (χ3v) is 6.81. The lowest BCUT2D eigenvalue weighted by atomic mass is 9.95.